The molecule has 0 saturated heterocycles. The molecule has 0 saturated carbocycles. The molecule has 2 aromatic rings. The number of hydrogen-bond donors (Lipinski definition) is 1. The molecule has 1 N–H and O–H groups in total. The molecule has 2 aromatic carbocycles. The zero-order chi connectivity index (χ0) is 18.9. The number of nitrogens with zero attached hydrogens (tertiary/aromatic N) is 1. The van der Waals surface area contributed by atoms with Gasteiger partial charge in [0.2, 0.25) is 5.91 Å². The summed E-state index contributed by atoms with van der Waals surface area (Å²) in [6.45, 7) is 6.61. The molecule has 6 heteroatoms. The second-order valence-electron chi connectivity index (χ2n) is 6.81. The SMILES string of the molecule is CCN1C(=O)CCc2cc(NS(=O)(=O)c3cccc(C(C)C)c3)ccc21. The Morgan fingerprint density at radius 1 is 1.12 bits per heavy atom. The van der Waals surface area contributed by atoms with Crippen molar-refractivity contribution >= 4 is 27.3 Å². The zero-order valence-electron chi connectivity index (χ0n) is 15.3. The topological polar surface area (TPSA) is 66.5 Å². The minimum absolute atomic E-state index is 0.110. The summed E-state index contributed by atoms with van der Waals surface area (Å²) in [4.78, 5) is 14.0. The molecule has 3 rings (SSSR count). The second kappa shape index (κ2) is 7.11. The van der Waals surface area contributed by atoms with Crippen molar-refractivity contribution in [3.63, 3.8) is 0 Å². The molecule has 0 atom stereocenters. The van der Waals surface area contributed by atoms with Crippen LogP contribution in [0.4, 0.5) is 11.4 Å². The number of fused-ring (bicyclic) bond motifs is 1. The summed E-state index contributed by atoms with van der Waals surface area (Å²) in [6.07, 6.45) is 1.08. The minimum atomic E-state index is -3.66. The number of rotatable bonds is 5. The highest BCUT2D eigenvalue weighted by Crippen LogP contribution is 2.31. The van der Waals surface area contributed by atoms with Crippen LogP contribution in [0.3, 0.4) is 0 Å². The minimum Gasteiger partial charge on any atom is -0.312 e. The Kier molecular flexibility index (Phi) is 5.05. The van der Waals surface area contributed by atoms with Crippen molar-refractivity contribution in [3.05, 3.63) is 53.6 Å². The first-order valence-corrected chi connectivity index (χ1v) is 10.4. The van der Waals surface area contributed by atoms with Crippen molar-refractivity contribution < 1.29 is 13.2 Å². The van der Waals surface area contributed by atoms with Gasteiger partial charge in [0.1, 0.15) is 0 Å². The third kappa shape index (κ3) is 3.60. The lowest BCUT2D eigenvalue weighted by Gasteiger charge is -2.28. The highest BCUT2D eigenvalue weighted by molar-refractivity contribution is 7.92. The standard InChI is InChI=1S/C20H24N2O3S/c1-4-22-19-10-9-17(12-16(19)8-11-20(22)23)21-26(24,25)18-7-5-6-15(13-18)14(2)3/h5-7,9-10,12-14,21H,4,8,11H2,1-3H3. The van der Waals surface area contributed by atoms with E-state index in [0.29, 0.717) is 25.1 Å². The summed E-state index contributed by atoms with van der Waals surface area (Å²) < 4.78 is 28.1. The fourth-order valence-corrected chi connectivity index (χ4v) is 4.33. The van der Waals surface area contributed by atoms with Gasteiger partial charge in [0.25, 0.3) is 10.0 Å². The summed E-state index contributed by atoms with van der Waals surface area (Å²) in [6, 6.07) is 12.4. The highest BCUT2D eigenvalue weighted by Gasteiger charge is 2.23. The van der Waals surface area contributed by atoms with E-state index in [1.807, 2.05) is 39.0 Å². The average molecular weight is 372 g/mol. The Balaban J connectivity index is 1.89. The van der Waals surface area contributed by atoms with Crippen LogP contribution in [-0.4, -0.2) is 20.9 Å². The molecule has 1 aliphatic rings. The molecule has 1 aliphatic heterocycles. The number of hydrogen-bond acceptors (Lipinski definition) is 3. The average Bonchev–Trinajstić information content (AvgIpc) is 2.61. The van der Waals surface area contributed by atoms with Crippen LogP contribution < -0.4 is 9.62 Å². The van der Waals surface area contributed by atoms with Crippen LogP contribution in [0.5, 0.6) is 0 Å². The number of aryl methyl sites for hydroxylation is 1. The van der Waals surface area contributed by atoms with E-state index in [9.17, 15) is 13.2 Å². The van der Waals surface area contributed by atoms with E-state index >= 15 is 0 Å². The summed E-state index contributed by atoms with van der Waals surface area (Å²) in [5.41, 5.74) is 3.36. The Labute approximate surface area is 155 Å². The quantitative estimate of drug-likeness (QED) is 0.865. The molecule has 0 unspecified atom stereocenters. The van der Waals surface area contributed by atoms with Gasteiger partial charge in [0.05, 0.1) is 4.90 Å². The monoisotopic (exact) mass is 372 g/mol. The molecule has 0 spiro atoms. The molecule has 0 fully saturated rings. The van der Waals surface area contributed by atoms with Crippen LogP contribution in [0.1, 0.15) is 44.2 Å². The van der Waals surface area contributed by atoms with Gasteiger partial charge in [-0.3, -0.25) is 9.52 Å². The van der Waals surface area contributed by atoms with Crippen LogP contribution in [0.25, 0.3) is 0 Å². The maximum absolute atomic E-state index is 12.7. The van der Waals surface area contributed by atoms with E-state index in [1.54, 1.807) is 29.2 Å². The normalized spacial score (nSPS) is 14.5. The molecule has 0 bridgehead atoms. The van der Waals surface area contributed by atoms with Crippen LogP contribution in [-0.2, 0) is 21.2 Å². The molecule has 138 valence electrons. The lowest BCUT2D eigenvalue weighted by molar-refractivity contribution is -0.118. The predicted octanol–water partition coefficient (Wildman–Crippen LogP) is 3.91. The molecule has 0 aromatic heterocycles. The van der Waals surface area contributed by atoms with Crippen LogP contribution >= 0.6 is 0 Å². The molecule has 5 nitrogen and oxygen atoms in total. The summed E-state index contributed by atoms with van der Waals surface area (Å²) in [7, 11) is -3.66. The molecular formula is C20H24N2O3S. The van der Waals surface area contributed by atoms with Crippen molar-refractivity contribution in [2.24, 2.45) is 0 Å². The lowest BCUT2D eigenvalue weighted by Crippen LogP contribution is -2.34. The fourth-order valence-electron chi connectivity index (χ4n) is 3.23. The number of nitrogens with one attached hydrogen (secondary N) is 1. The Morgan fingerprint density at radius 3 is 2.58 bits per heavy atom. The maximum Gasteiger partial charge on any atom is 0.261 e. The smallest absolute Gasteiger partial charge is 0.261 e. The van der Waals surface area contributed by atoms with Crippen molar-refractivity contribution in [2.75, 3.05) is 16.2 Å². The fraction of sp³-hybridized carbons (Fsp3) is 0.350. The Morgan fingerprint density at radius 2 is 1.88 bits per heavy atom. The van der Waals surface area contributed by atoms with E-state index in [1.165, 1.54) is 0 Å². The zero-order valence-corrected chi connectivity index (χ0v) is 16.1. The van der Waals surface area contributed by atoms with Crippen molar-refractivity contribution in [3.8, 4) is 0 Å². The van der Waals surface area contributed by atoms with Crippen LogP contribution in [0.15, 0.2) is 47.4 Å². The van der Waals surface area contributed by atoms with Gasteiger partial charge >= 0.3 is 0 Å². The second-order valence-corrected chi connectivity index (χ2v) is 8.50. The van der Waals surface area contributed by atoms with E-state index < -0.39 is 10.0 Å². The van der Waals surface area contributed by atoms with Gasteiger partial charge in [0.15, 0.2) is 0 Å². The molecule has 1 heterocycles. The summed E-state index contributed by atoms with van der Waals surface area (Å²) >= 11 is 0. The molecule has 1 amide bonds. The first-order chi connectivity index (χ1) is 12.3. The van der Waals surface area contributed by atoms with Gasteiger partial charge in [-0.05, 0) is 60.7 Å². The predicted molar refractivity (Wildman–Crippen MR) is 104 cm³/mol. The number of anilines is 2. The maximum atomic E-state index is 12.7. The Hall–Kier alpha value is -2.34. The van der Waals surface area contributed by atoms with E-state index in [0.717, 1.165) is 16.8 Å². The number of sulfonamides is 1. The summed E-state index contributed by atoms with van der Waals surface area (Å²) in [5.74, 6) is 0.366. The first kappa shape index (κ1) is 18.5. The molecule has 0 radical (unpaired) electrons. The number of benzene rings is 2. The van der Waals surface area contributed by atoms with Gasteiger partial charge in [-0.25, -0.2) is 8.42 Å². The lowest BCUT2D eigenvalue weighted by atomic mass is 10.0. The number of carbonyl (C=O) groups excluding carboxylic acids is 1. The number of carbonyl (C=O) groups is 1. The van der Waals surface area contributed by atoms with E-state index in [2.05, 4.69) is 4.72 Å². The van der Waals surface area contributed by atoms with Crippen molar-refractivity contribution in [1.82, 2.24) is 0 Å². The third-order valence-corrected chi connectivity index (χ3v) is 6.06. The van der Waals surface area contributed by atoms with Gasteiger partial charge in [-0.15, -0.1) is 0 Å². The van der Waals surface area contributed by atoms with E-state index in [-0.39, 0.29) is 16.7 Å². The van der Waals surface area contributed by atoms with Gasteiger partial charge in [-0.2, -0.15) is 0 Å². The molecule has 26 heavy (non-hydrogen) atoms. The number of amides is 1. The van der Waals surface area contributed by atoms with Gasteiger partial charge < -0.3 is 4.90 Å². The van der Waals surface area contributed by atoms with Gasteiger partial charge in [-0.1, -0.05) is 26.0 Å². The van der Waals surface area contributed by atoms with Crippen LogP contribution in [0, 0.1) is 0 Å². The van der Waals surface area contributed by atoms with Crippen molar-refractivity contribution in [1.29, 1.82) is 0 Å². The van der Waals surface area contributed by atoms with Crippen molar-refractivity contribution in [2.45, 2.75) is 44.4 Å². The molecular weight excluding hydrogens is 348 g/mol. The highest BCUT2D eigenvalue weighted by atomic mass is 32.2. The van der Waals surface area contributed by atoms with E-state index in [4.69, 9.17) is 0 Å². The van der Waals surface area contributed by atoms with Gasteiger partial charge in [0, 0.05) is 24.3 Å². The third-order valence-electron chi connectivity index (χ3n) is 4.68. The largest absolute Gasteiger partial charge is 0.312 e. The van der Waals surface area contributed by atoms with Crippen LogP contribution in [0.2, 0.25) is 0 Å². The summed E-state index contributed by atoms with van der Waals surface area (Å²) in [5, 5.41) is 0. The molecule has 0 aliphatic carbocycles. The Bertz CT molecular complexity index is 936. The first-order valence-electron chi connectivity index (χ1n) is 8.88.